The Hall–Kier alpha value is -2.40. The van der Waals surface area contributed by atoms with Gasteiger partial charge in [0.2, 0.25) is 5.79 Å². The molecule has 2 aliphatic rings. The van der Waals surface area contributed by atoms with E-state index in [1.54, 1.807) is 0 Å². The summed E-state index contributed by atoms with van der Waals surface area (Å²) in [6.45, 7) is 5.43. The number of ether oxygens (including phenoxy) is 2. The van der Waals surface area contributed by atoms with Crippen molar-refractivity contribution < 1.29 is 9.47 Å². The van der Waals surface area contributed by atoms with E-state index >= 15 is 0 Å². The minimum absolute atomic E-state index is 0.603. The van der Waals surface area contributed by atoms with Crippen LogP contribution in [0.25, 0.3) is 10.8 Å². The zero-order chi connectivity index (χ0) is 19.0. The van der Waals surface area contributed by atoms with Crippen LogP contribution in [0.3, 0.4) is 0 Å². The minimum Gasteiger partial charge on any atom is -0.368 e. The van der Waals surface area contributed by atoms with Gasteiger partial charge in [-0.25, -0.2) is 0 Å². The van der Waals surface area contributed by atoms with Crippen LogP contribution in [0.2, 0.25) is 0 Å². The molecular formula is C24H26N2O2. The first-order chi connectivity index (χ1) is 13.8. The second kappa shape index (κ2) is 7.21. The molecule has 0 saturated carbocycles. The molecule has 28 heavy (non-hydrogen) atoms. The standard InChI is InChI=1S/C24H26N2O2/c1-25-11-13-26(14-12-25)23-18-21(17-19-7-5-6-10-22(19)23)24(27-15-16-28-24)20-8-3-2-4-9-20/h2-10,17-18H,11-16H2,1H3. The van der Waals surface area contributed by atoms with Crippen molar-refractivity contribution in [3.63, 3.8) is 0 Å². The fourth-order valence-electron chi connectivity index (χ4n) is 4.36. The molecule has 0 unspecified atom stereocenters. The Balaban J connectivity index is 1.67. The predicted octanol–water partition coefficient (Wildman–Crippen LogP) is 3.84. The van der Waals surface area contributed by atoms with Gasteiger partial charge in [0.1, 0.15) is 0 Å². The highest BCUT2D eigenvalue weighted by Crippen LogP contribution is 2.42. The fourth-order valence-corrected chi connectivity index (χ4v) is 4.36. The number of hydrogen-bond acceptors (Lipinski definition) is 4. The molecule has 0 radical (unpaired) electrons. The van der Waals surface area contributed by atoms with Gasteiger partial charge in [-0.05, 0) is 24.6 Å². The molecule has 0 N–H and O–H groups in total. The first-order valence-corrected chi connectivity index (χ1v) is 10.1. The van der Waals surface area contributed by atoms with Crippen molar-refractivity contribution in [2.45, 2.75) is 5.79 Å². The highest BCUT2D eigenvalue weighted by Gasteiger charge is 2.41. The molecule has 0 spiro atoms. The number of anilines is 1. The van der Waals surface area contributed by atoms with Gasteiger partial charge in [0.05, 0.1) is 13.2 Å². The van der Waals surface area contributed by atoms with Gasteiger partial charge in [-0.2, -0.15) is 0 Å². The van der Waals surface area contributed by atoms with Crippen molar-refractivity contribution in [1.29, 1.82) is 0 Å². The molecule has 4 heteroatoms. The molecule has 144 valence electrons. The Morgan fingerprint density at radius 2 is 1.43 bits per heavy atom. The van der Waals surface area contributed by atoms with Gasteiger partial charge < -0.3 is 19.3 Å². The second-order valence-corrected chi connectivity index (χ2v) is 7.69. The van der Waals surface area contributed by atoms with E-state index in [4.69, 9.17) is 9.47 Å². The lowest BCUT2D eigenvalue weighted by atomic mass is 9.93. The third-order valence-corrected chi connectivity index (χ3v) is 5.91. The fraction of sp³-hybridized carbons (Fsp3) is 0.333. The zero-order valence-electron chi connectivity index (χ0n) is 16.3. The molecule has 3 aromatic rings. The van der Waals surface area contributed by atoms with E-state index in [2.05, 4.69) is 65.4 Å². The van der Waals surface area contributed by atoms with E-state index in [0.717, 1.165) is 37.3 Å². The zero-order valence-corrected chi connectivity index (χ0v) is 16.3. The van der Waals surface area contributed by atoms with Gasteiger partial charge in [0, 0.05) is 48.4 Å². The predicted molar refractivity (Wildman–Crippen MR) is 113 cm³/mol. The normalized spacial score (nSPS) is 20.0. The Labute approximate surface area is 166 Å². The highest BCUT2D eigenvalue weighted by molar-refractivity contribution is 5.95. The summed E-state index contributed by atoms with van der Waals surface area (Å²) in [5.74, 6) is -0.827. The summed E-state index contributed by atoms with van der Waals surface area (Å²) in [6, 6.07) is 23.5. The topological polar surface area (TPSA) is 24.9 Å². The summed E-state index contributed by atoms with van der Waals surface area (Å²) in [7, 11) is 2.19. The Morgan fingerprint density at radius 3 is 2.18 bits per heavy atom. The lowest BCUT2D eigenvalue weighted by Crippen LogP contribution is -2.44. The minimum atomic E-state index is -0.827. The van der Waals surface area contributed by atoms with Gasteiger partial charge in [0.15, 0.2) is 0 Å². The number of rotatable bonds is 3. The molecule has 3 aromatic carbocycles. The summed E-state index contributed by atoms with van der Waals surface area (Å²) < 4.78 is 12.5. The van der Waals surface area contributed by atoms with Gasteiger partial charge in [0.25, 0.3) is 0 Å². The van der Waals surface area contributed by atoms with Crippen LogP contribution in [-0.2, 0) is 15.3 Å². The Kier molecular flexibility index (Phi) is 4.55. The van der Waals surface area contributed by atoms with E-state index in [1.807, 2.05) is 18.2 Å². The van der Waals surface area contributed by atoms with E-state index in [9.17, 15) is 0 Å². The molecule has 0 amide bonds. The first-order valence-electron chi connectivity index (χ1n) is 10.1. The van der Waals surface area contributed by atoms with Crippen LogP contribution in [0.5, 0.6) is 0 Å². The maximum absolute atomic E-state index is 6.27. The molecule has 4 nitrogen and oxygen atoms in total. The van der Waals surface area contributed by atoms with Crippen molar-refractivity contribution in [2.24, 2.45) is 0 Å². The first kappa shape index (κ1) is 17.7. The molecule has 2 fully saturated rings. The third kappa shape index (κ3) is 2.98. The Morgan fingerprint density at radius 1 is 0.750 bits per heavy atom. The van der Waals surface area contributed by atoms with E-state index in [-0.39, 0.29) is 0 Å². The largest absolute Gasteiger partial charge is 0.368 e. The molecule has 2 aliphatic heterocycles. The highest BCUT2D eigenvalue weighted by atomic mass is 16.7. The van der Waals surface area contributed by atoms with Gasteiger partial charge >= 0.3 is 0 Å². The van der Waals surface area contributed by atoms with Crippen LogP contribution in [0, 0.1) is 0 Å². The van der Waals surface area contributed by atoms with E-state index < -0.39 is 5.79 Å². The van der Waals surface area contributed by atoms with Crippen molar-refractivity contribution in [3.8, 4) is 0 Å². The average Bonchev–Trinajstić information content (AvgIpc) is 3.25. The maximum atomic E-state index is 6.27. The van der Waals surface area contributed by atoms with Crippen LogP contribution in [0.1, 0.15) is 11.1 Å². The van der Waals surface area contributed by atoms with Crippen molar-refractivity contribution in [1.82, 2.24) is 4.90 Å². The molecule has 2 saturated heterocycles. The van der Waals surface area contributed by atoms with Crippen molar-refractivity contribution >= 4 is 16.5 Å². The average molecular weight is 374 g/mol. The number of nitrogens with zero attached hydrogens (tertiary/aromatic N) is 2. The summed E-state index contributed by atoms with van der Waals surface area (Å²) in [5.41, 5.74) is 3.39. The summed E-state index contributed by atoms with van der Waals surface area (Å²) in [4.78, 5) is 4.89. The SMILES string of the molecule is CN1CCN(c2cc(C3(c4ccccc4)OCCO3)cc3ccccc23)CC1. The Bertz CT molecular complexity index is 959. The summed E-state index contributed by atoms with van der Waals surface area (Å²) in [5, 5.41) is 2.51. The molecule has 2 heterocycles. The van der Waals surface area contributed by atoms with Crippen LogP contribution in [0.15, 0.2) is 66.7 Å². The van der Waals surface area contributed by atoms with E-state index in [1.165, 1.54) is 16.5 Å². The maximum Gasteiger partial charge on any atom is 0.222 e. The quantitative estimate of drug-likeness (QED) is 0.695. The molecular weight excluding hydrogens is 348 g/mol. The number of hydrogen-bond donors (Lipinski definition) is 0. The molecule has 5 rings (SSSR count). The molecule has 0 atom stereocenters. The number of benzene rings is 3. The number of piperazine rings is 1. The van der Waals surface area contributed by atoms with Crippen LogP contribution in [-0.4, -0.2) is 51.3 Å². The number of likely N-dealkylation sites (N-methyl/N-ethyl adjacent to an activating group) is 1. The van der Waals surface area contributed by atoms with Crippen LogP contribution < -0.4 is 4.90 Å². The van der Waals surface area contributed by atoms with Crippen molar-refractivity contribution in [3.05, 3.63) is 77.9 Å². The third-order valence-electron chi connectivity index (χ3n) is 5.91. The van der Waals surface area contributed by atoms with Gasteiger partial charge in [-0.3, -0.25) is 0 Å². The summed E-state index contributed by atoms with van der Waals surface area (Å²) in [6.07, 6.45) is 0. The molecule has 0 bridgehead atoms. The van der Waals surface area contributed by atoms with Crippen molar-refractivity contribution in [2.75, 3.05) is 51.3 Å². The van der Waals surface area contributed by atoms with Crippen LogP contribution in [0.4, 0.5) is 5.69 Å². The lowest BCUT2D eigenvalue weighted by Gasteiger charge is -2.36. The van der Waals surface area contributed by atoms with Gasteiger partial charge in [-0.15, -0.1) is 0 Å². The molecule has 0 aliphatic carbocycles. The monoisotopic (exact) mass is 374 g/mol. The van der Waals surface area contributed by atoms with Crippen LogP contribution >= 0.6 is 0 Å². The molecule has 0 aromatic heterocycles. The van der Waals surface area contributed by atoms with E-state index in [0.29, 0.717) is 13.2 Å². The smallest absolute Gasteiger partial charge is 0.222 e. The lowest BCUT2D eigenvalue weighted by molar-refractivity contribution is -0.129. The number of fused-ring (bicyclic) bond motifs is 1. The second-order valence-electron chi connectivity index (χ2n) is 7.69. The summed E-state index contributed by atoms with van der Waals surface area (Å²) >= 11 is 0. The van der Waals surface area contributed by atoms with Gasteiger partial charge in [-0.1, -0.05) is 54.6 Å².